The molecule has 1 aliphatic rings. The predicted molar refractivity (Wildman–Crippen MR) is 90.9 cm³/mol. The van der Waals surface area contributed by atoms with Crippen LogP contribution in [0.2, 0.25) is 0 Å². The Morgan fingerprint density at radius 2 is 2.08 bits per heavy atom. The van der Waals surface area contributed by atoms with Gasteiger partial charge in [0.15, 0.2) is 9.84 Å². The fourth-order valence-corrected chi connectivity index (χ4v) is 4.38. The molecule has 1 aromatic carbocycles. The lowest BCUT2D eigenvalue weighted by Gasteiger charge is -2.12. The van der Waals surface area contributed by atoms with E-state index in [1.165, 1.54) is 0 Å². The van der Waals surface area contributed by atoms with Crippen molar-refractivity contribution < 1.29 is 13.2 Å². The van der Waals surface area contributed by atoms with Crippen LogP contribution in [-0.2, 0) is 16.3 Å². The number of nitrogens with one attached hydrogen (secondary N) is 2. The molecule has 1 saturated heterocycles. The third-order valence-electron chi connectivity index (χ3n) is 3.97. The van der Waals surface area contributed by atoms with Gasteiger partial charge in [0.1, 0.15) is 0 Å². The molecule has 1 atom stereocenters. The Balaban J connectivity index is 1.42. The van der Waals surface area contributed by atoms with Crippen molar-refractivity contribution in [2.24, 2.45) is 0 Å². The Morgan fingerprint density at radius 1 is 1.29 bits per heavy atom. The number of benzene rings is 1. The highest BCUT2D eigenvalue weighted by atomic mass is 32.2. The van der Waals surface area contributed by atoms with Crippen molar-refractivity contribution in [3.63, 3.8) is 0 Å². The molecule has 2 amide bonds. The van der Waals surface area contributed by atoms with E-state index in [0.717, 1.165) is 11.3 Å². The molecule has 0 aliphatic carbocycles. The summed E-state index contributed by atoms with van der Waals surface area (Å²) in [6, 6.07) is 9.23. The fourth-order valence-electron chi connectivity index (χ4n) is 2.70. The predicted octanol–water partition coefficient (Wildman–Crippen LogP) is 0.901. The Hall–Kier alpha value is -2.35. The van der Waals surface area contributed by atoms with Gasteiger partial charge in [-0.15, -0.1) is 0 Å². The van der Waals surface area contributed by atoms with Crippen molar-refractivity contribution in [3.05, 3.63) is 48.3 Å². The summed E-state index contributed by atoms with van der Waals surface area (Å²) >= 11 is 0. The van der Waals surface area contributed by atoms with E-state index in [4.69, 9.17) is 0 Å². The van der Waals surface area contributed by atoms with Crippen molar-refractivity contribution in [1.82, 2.24) is 20.4 Å². The lowest BCUT2D eigenvalue weighted by molar-refractivity contribution is 0.238. The molecule has 24 heavy (non-hydrogen) atoms. The lowest BCUT2D eigenvalue weighted by atomic mass is 10.1. The van der Waals surface area contributed by atoms with E-state index in [-0.39, 0.29) is 23.6 Å². The summed E-state index contributed by atoms with van der Waals surface area (Å²) in [5.74, 6) is 0.190. The number of nitrogens with zero attached hydrogens (tertiary/aromatic N) is 2. The van der Waals surface area contributed by atoms with Gasteiger partial charge >= 0.3 is 6.03 Å². The second kappa shape index (κ2) is 7.04. The van der Waals surface area contributed by atoms with Crippen LogP contribution < -0.4 is 10.6 Å². The SMILES string of the molecule is O=C(NCCc1ccc(-n2cccn2)cc1)NC1CCS(=O)(=O)C1. The first-order valence-electron chi connectivity index (χ1n) is 7.86. The zero-order valence-corrected chi connectivity index (χ0v) is 14.0. The highest BCUT2D eigenvalue weighted by Crippen LogP contribution is 2.11. The molecule has 1 aliphatic heterocycles. The van der Waals surface area contributed by atoms with Crippen LogP contribution >= 0.6 is 0 Å². The molecule has 8 heteroatoms. The second-order valence-electron chi connectivity index (χ2n) is 5.87. The monoisotopic (exact) mass is 348 g/mol. The number of urea groups is 1. The maximum Gasteiger partial charge on any atom is 0.315 e. The van der Waals surface area contributed by atoms with Crippen molar-refractivity contribution in [2.75, 3.05) is 18.1 Å². The molecule has 1 unspecified atom stereocenters. The molecule has 0 bridgehead atoms. The first-order valence-corrected chi connectivity index (χ1v) is 9.68. The molecule has 3 rings (SSSR count). The number of carbonyl (C=O) groups excluding carboxylic acids is 1. The van der Waals surface area contributed by atoms with E-state index in [2.05, 4.69) is 15.7 Å². The van der Waals surface area contributed by atoms with Gasteiger partial charge in [-0.05, 0) is 36.6 Å². The van der Waals surface area contributed by atoms with E-state index in [9.17, 15) is 13.2 Å². The van der Waals surface area contributed by atoms with Crippen molar-refractivity contribution >= 4 is 15.9 Å². The summed E-state index contributed by atoms with van der Waals surface area (Å²) in [4.78, 5) is 11.8. The van der Waals surface area contributed by atoms with Crippen LogP contribution in [0.5, 0.6) is 0 Å². The summed E-state index contributed by atoms with van der Waals surface area (Å²) in [6.07, 6.45) is 4.80. The molecule has 7 nitrogen and oxygen atoms in total. The van der Waals surface area contributed by atoms with Gasteiger partial charge in [0.25, 0.3) is 0 Å². The van der Waals surface area contributed by atoms with Crippen molar-refractivity contribution in [3.8, 4) is 5.69 Å². The van der Waals surface area contributed by atoms with Gasteiger partial charge in [-0.25, -0.2) is 17.9 Å². The Bertz CT molecular complexity index is 785. The van der Waals surface area contributed by atoms with Crippen LogP contribution in [0.25, 0.3) is 5.69 Å². The molecule has 2 heterocycles. The van der Waals surface area contributed by atoms with E-state index < -0.39 is 9.84 Å². The number of sulfone groups is 1. The molecule has 2 N–H and O–H groups in total. The molecule has 1 aromatic heterocycles. The molecule has 128 valence electrons. The summed E-state index contributed by atoms with van der Waals surface area (Å²) in [5.41, 5.74) is 2.09. The summed E-state index contributed by atoms with van der Waals surface area (Å²) in [5, 5.41) is 9.64. The zero-order valence-electron chi connectivity index (χ0n) is 13.2. The normalized spacial score (nSPS) is 19.1. The van der Waals surface area contributed by atoms with E-state index in [1.807, 2.05) is 36.5 Å². The van der Waals surface area contributed by atoms with Crippen LogP contribution in [0.3, 0.4) is 0 Å². The Morgan fingerprint density at radius 3 is 2.71 bits per heavy atom. The first-order chi connectivity index (χ1) is 11.5. The van der Waals surface area contributed by atoms with Crippen molar-refractivity contribution in [1.29, 1.82) is 0 Å². The van der Waals surface area contributed by atoms with Gasteiger partial charge in [0, 0.05) is 25.0 Å². The summed E-state index contributed by atoms with van der Waals surface area (Å²) in [7, 11) is -2.98. The number of hydrogen-bond acceptors (Lipinski definition) is 4. The van der Waals surface area contributed by atoms with Gasteiger partial charge in [-0.2, -0.15) is 5.10 Å². The lowest BCUT2D eigenvalue weighted by Crippen LogP contribution is -2.43. The highest BCUT2D eigenvalue weighted by molar-refractivity contribution is 7.91. The van der Waals surface area contributed by atoms with Crippen LogP contribution in [0.4, 0.5) is 4.79 Å². The van der Waals surface area contributed by atoms with E-state index in [1.54, 1.807) is 10.9 Å². The molecule has 1 fully saturated rings. The van der Waals surface area contributed by atoms with Gasteiger partial charge < -0.3 is 10.6 Å². The van der Waals surface area contributed by atoms with Gasteiger partial charge in [-0.1, -0.05) is 12.1 Å². The molecule has 0 saturated carbocycles. The largest absolute Gasteiger partial charge is 0.338 e. The minimum Gasteiger partial charge on any atom is -0.338 e. The standard InChI is InChI=1S/C16H20N4O3S/c21-16(19-14-7-11-24(22,23)12-14)17-9-6-13-2-4-15(5-3-13)20-10-1-8-18-20/h1-5,8,10,14H,6-7,9,11-12H2,(H2,17,19,21). The van der Waals surface area contributed by atoms with E-state index in [0.29, 0.717) is 19.4 Å². The molecule has 0 spiro atoms. The summed E-state index contributed by atoms with van der Waals surface area (Å²) in [6.45, 7) is 0.492. The van der Waals surface area contributed by atoms with Gasteiger partial charge in [0.2, 0.25) is 0 Å². The Kier molecular flexibility index (Phi) is 4.84. The van der Waals surface area contributed by atoms with Crippen molar-refractivity contribution in [2.45, 2.75) is 18.9 Å². The van der Waals surface area contributed by atoms with E-state index >= 15 is 0 Å². The topological polar surface area (TPSA) is 93.1 Å². The molecule has 2 aromatic rings. The van der Waals surface area contributed by atoms with Crippen LogP contribution in [-0.4, -0.2) is 48.3 Å². The molecular weight excluding hydrogens is 328 g/mol. The van der Waals surface area contributed by atoms with Gasteiger partial charge in [0.05, 0.1) is 17.2 Å². The average molecular weight is 348 g/mol. The number of hydrogen-bond donors (Lipinski definition) is 2. The molecule has 0 radical (unpaired) electrons. The third kappa shape index (κ3) is 4.35. The van der Waals surface area contributed by atoms with Gasteiger partial charge in [-0.3, -0.25) is 0 Å². The smallest absolute Gasteiger partial charge is 0.315 e. The van der Waals surface area contributed by atoms with Crippen LogP contribution in [0.15, 0.2) is 42.7 Å². The third-order valence-corrected chi connectivity index (χ3v) is 5.74. The minimum absolute atomic E-state index is 0.0370. The zero-order chi connectivity index (χ0) is 17.0. The average Bonchev–Trinajstić information content (AvgIpc) is 3.18. The molecular formula is C16H20N4O3S. The maximum absolute atomic E-state index is 11.8. The first kappa shape index (κ1) is 16.5. The minimum atomic E-state index is -2.98. The number of aromatic nitrogens is 2. The maximum atomic E-state index is 11.8. The number of carbonyl (C=O) groups is 1. The number of amides is 2. The Labute approximate surface area is 141 Å². The van der Waals surface area contributed by atoms with Crippen LogP contribution in [0, 0.1) is 0 Å². The fraction of sp³-hybridized carbons (Fsp3) is 0.375. The quantitative estimate of drug-likeness (QED) is 0.840. The van der Waals surface area contributed by atoms with Crippen LogP contribution in [0.1, 0.15) is 12.0 Å². The number of rotatable bonds is 5. The highest BCUT2D eigenvalue weighted by Gasteiger charge is 2.28. The summed E-state index contributed by atoms with van der Waals surface area (Å²) < 4.78 is 24.5. The second-order valence-corrected chi connectivity index (χ2v) is 8.10.